The second-order valence-corrected chi connectivity index (χ2v) is 3.90. The molecule has 1 aliphatic rings. The maximum atomic E-state index is 11.7. The third-order valence-corrected chi connectivity index (χ3v) is 2.82. The van der Waals surface area contributed by atoms with Crippen LogP contribution in [0.4, 0.5) is 5.69 Å². The Bertz CT molecular complexity index is 497. The van der Waals surface area contributed by atoms with Crippen molar-refractivity contribution in [2.75, 3.05) is 11.4 Å². The smallest absolute Gasteiger partial charge is 0.299 e. The van der Waals surface area contributed by atoms with Gasteiger partial charge in [0, 0.05) is 12.1 Å². The summed E-state index contributed by atoms with van der Waals surface area (Å²) in [6.45, 7) is 0.265. The van der Waals surface area contributed by atoms with E-state index in [1.165, 1.54) is 10.4 Å². The number of hydrogen-bond acceptors (Lipinski definition) is 2. The molecule has 0 saturated heterocycles. The summed E-state index contributed by atoms with van der Waals surface area (Å²) in [6, 6.07) is 4.98. The number of halogens is 2. The molecular formula is C11H7Cl2NO2. The molecule has 1 amide bonds. The predicted octanol–water partition coefficient (Wildman–Crippen LogP) is 2.62. The van der Waals surface area contributed by atoms with Crippen LogP contribution >= 0.6 is 23.2 Å². The van der Waals surface area contributed by atoms with Crippen LogP contribution in [0.3, 0.4) is 0 Å². The lowest BCUT2D eigenvalue weighted by Gasteiger charge is -2.13. The molecule has 0 atom stereocenters. The molecule has 0 aliphatic carbocycles. The third-order valence-electron chi connectivity index (χ3n) is 2.33. The van der Waals surface area contributed by atoms with Gasteiger partial charge in [-0.25, -0.2) is 0 Å². The van der Waals surface area contributed by atoms with Crippen molar-refractivity contribution in [1.29, 1.82) is 0 Å². The first-order chi connectivity index (χ1) is 7.66. The van der Waals surface area contributed by atoms with E-state index in [1.54, 1.807) is 24.3 Å². The summed E-state index contributed by atoms with van der Waals surface area (Å²) in [7, 11) is 0. The molecule has 16 heavy (non-hydrogen) atoms. The first-order valence-electron chi connectivity index (χ1n) is 4.56. The lowest BCUT2D eigenvalue weighted by Crippen LogP contribution is -2.29. The zero-order chi connectivity index (χ0) is 11.7. The zero-order valence-electron chi connectivity index (χ0n) is 8.11. The Labute approximate surface area is 102 Å². The number of fused-ring (bicyclic) bond motifs is 1. The fourth-order valence-electron chi connectivity index (χ4n) is 1.63. The van der Waals surface area contributed by atoms with Crippen LogP contribution < -0.4 is 4.90 Å². The van der Waals surface area contributed by atoms with Crippen molar-refractivity contribution in [3.05, 3.63) is 40.4 Å². The van der Waals surface area contributed by atoms with Gasteiger partial charge < -0.3 is 4.90 Å². The van der Waals surface area contributed by atoms with Gasteiger partial charge >= 0.3 is 0 Å². The molecule has 1 aliphatic heterocycles. The summed E-state index contributed by atoms with van der Waals surface area (Å²) in [5.41, 5.74) is 2.12. The summed E-state index contributed by atoms with van der Waals surface area (Å²) >= 11 is 11.3. The van der Waals surface area contributed by atoms with E-state index in [4.69, 9.17) is 23.2 Å². The van der Waals surface area contributed by atoms with Gasteiger partial charge in [0.15, 0.2) is 0 Å². The van der Waals surface area contributed by atoms with Gasteiger partial charge in [-0.1, -0.05) is 35.3 Å². The Morgan fingerprint density at radius 1 is 1.31 bits per heavy atom. The lowest BCUT2D eigenvalue weighted by molar-refractivity contribution is -0.114. The maximum absolute atomic E-state index is 11.7. The largest absolute Gasteiger partial charge is 0.301 e. The number of ketones is 1. The Morgan fingerprint density at radius 3 is 2.75 bits per heavy atom. The molecular weight excluding hydrogens is 249 g/mol. The molecule has 3 nitrogen and oxygen atoms in total. The minimum absolute atomic E-state index is 0.265. The van der Waals surface area contributed by atoms with E-state index in [2.05, 4.69) is 0 Å². The SMILES string of the molecule is O=C1C(=O)N(C/C=C/Cl)c2cccc(Cl)c21. The Balaban J connectivity index is 2.50. The average molecular weight is 256 g/mol. The van der Waals surface area contributed by atoms with Crippen molar-refractivity contribution in [1.82, 2.24) is 0 Å². The van der Waals surface area contributed by atoms with Gasteiger partial charge in [0.25, 0.3) is 11.7 Å². The fourth-order valence-corrected chi connectivity index (χ4v) is 1.96. The summed E-state index contributed by atoms with van der Waals surface area (Å²) in [5.74, 6) is -1.14. The number of nitrogens with zero attached hydrogens (tertiary/aromatic N) is 1. The number of carbonyl (C=O) groups is 2. The minimum Gasteiger partial charge on any atom is -0.301 e. The molecule has 0 radical (unpaired) electrons. The summed E-state index contributed by atoms with van der Waals surface area (Å²) < 4.78 is 0. The standard InChI is InChI=1S/C11H7Cl2NO2/c12-5-2-6-14-8-4-1-3-7(13)9(8)10(15)11(14)16/h1-5H,6H2/b5-2+. The molecule has 1 heterocycles. The van der Waals surface area contributed by atoms with Gasteiger partial charge in [-0.15, -0.1) is 0 Å². The normalized spacial score (nSPS) is 15.0. The molecule has 0 unspecified atom stereocenters. The van der Waals surface area contributed by atoms with Gasteiger partial charge in [-0.05, 0) is 12.1 Å². The van der Waals surface area contributed by atoms with Crippen molar-refractivity contribution < 1.29 is 9.59 Å². The number of rotatable bonds is 2. The van der Waals surface area contributed by atoms with Crippen molar-refractivity contribution in [2.45, 2.75) is 0 Å². The molecule has 0 bridgehead atoms. The first-order valence-corrected chi connectivity index (χ1v) is 5.38. The fraction of sp³-hybridized carbons (Fsp3) is 0.0909. The van der Waals surface area contributed by atoms with Crippen molar-refractivity contribution >= 4 is 40.6 Å². The highest BCUT2D eigenvalue weighted by Gasteiger charge is 2.36. The van der Waals surface area contributed by atoms with E-state index < -0.39 is 11.7 Å². The number of hydrogen-bond donors (Lipinski definition) is 0. The quantitative estimate of drug-likeness (QED) is 0.763. The highest BCUT2D eigenvalue weighted by molar-refractivity contribution is 6.55. The van der Waals surface area contributed by atoms with E-state index in [0.29, 0.717) is 10.7 Å². The summed E-state index contributed by atoms with van der Waals surface area (Å²) in [6.07, 6.45) is 1.59. The molecule has 1 aromatic carbocycles. The molecule has 0 saturated carbocycles. The molecule has 0 fully saturated rings. The summed E-state index contributed by atoms with van der Waals surface area (Å²) in [4.78, 5) is 24.7. The van der Waals surface area contributed by atoms with Crippen LogP contribution in [0.2, 0.25) is 5.02 Å². The third kappa shape index (κ3) is 1.62. The number of benzene rings is 1. The molecule has 0 spiro atoms. The van der Waals surface area contributed by atoms with Crippen LogP contribution in [0.1, 0.15) is 10.4 Å². The van der Waals surface area contributed by atoms with Crippen LogP contribution in [-0.2, 0) is 4.79 Å². The molecule has 5 heteroatoms. The van der Waals surface area contributed by atoms with Crippen LogP contribution in [0.25, 0.3) is 0 Å². The maximum Gasteiger partial charge on any atom is 0.299 e. The number of carbonyl (C=O) groups excluding carboxylic acids is 2. The van der Waals surface area contributed by atoms with Crippen LogP contribution in [0.15, 0.2) is 29.8 Å². The van der Waals surface area contributed by atoms with Crippen molar-refractivity contribution in [2.24, 2.45) is 0 Å². The number of amides is 1. The van der Waals surface area contributed by atoms with Gasteiger partial charge in [-0.3, -0.25) is 9.59 Å². The molecule has 82 valence electrons. The van der Waals surface area contributed by atoms with Crippen LogP contribution in [0.5, 0.6) is 0 Å². The monoisotopic (exact) mass is 255 g/mol. The number of anilines is 1. The van der Waals surface area contributed by atoms with Crippen molar-refractivity contribution in [3.63, 3.8) is 0 Å². The molecule has 0 N–H and O–H groups in total. The van der Waals surface area contributed by atoms with E-state index >= 15 is 0 Å². The van der Waals surface area contributed by atoms with Gasteiger partial charge in [0.1, 0.15) is 0 Å². The van der Waals surface area contributed by atoms with Crippen molar-refractivity contribution in [3.8, 4) is 0 Å². The highest BCUT2D eigenvalue weighted by atomic mass is 35.5. The van der Waals surface area contributed by atoms with E-state index in [0.717, 1.165) is 0 Å². The Morgan fingerprint density at radius 2 is 2.06 bits per heavy atom. The highest BCUT2D eigenvalue weighted by Crippen LogP contribution is 2.33. The average Bonchev–Trinajstić information content (AvgIpc) is 2.51. The second-order valence-electron chi connectivity index (χ2n) is 3.24. The zero-order valence-corrected chi connectivity index (χ0v) is 9.63. The molecule has 1 aromatic rings. The van der Waals surface area contributed by atoms with E-state index in [1.807, 2.05) is 0 Å². The lowest BCUT2D eigenvalue weighted by atomic mass is 10.1. The Kier molecular flexibility index (Phi) is 2.99. The Hall–Kier alpha value is -1.32. The van der Waals surface area contributed by atoms with E-state index in [9.17, 15) is 9.59 Å². The molecule has 2 rings (SSSR count). The summed E-state index contributed by atoms with van der Waals surface area (Å²) in [5, 5.41) is 0.299. The van der Waals surface area contributed by atoms with Gasteiger partial charge in [0.05, 0.1) is 16.3 Å². The first kappa shape index (κ1) is 11.2. The van der Waals surface area contributed by atoms with E-state index in [-0.39, 0.29) is 12.1 Å². The molecule has 0 aromatic heterocycles. The number of Topliss-reactive ketones (excluding diaryl/α,β-unsaturated/α-hetero) is 1. The van der Waals surface area contributed by atoms with Crippen LogP contribution in [0, 0.1) is 0 Å². The van der Waals surface area contributed by atoms with Gasteiger partial charge in [-0.2, -0.15) is 0 Å². The predicted molar refractivity (Wildman–Crippen MR) is 63.1 cm³/mol. The van der Waals surface area contributed by atoms with Gasteiger partial charge in [0.2, 0.25) is 0 Å². The van der Waals surface area contributed by atoms with Crippen LogP contribution in [-0.4, -0.2) is 18.2 Å². The minimum atomic E-state index is -0.571. The topological polar surface area (TPSA) is 37.4 Å². The second kappa shape index (κ2) is 4.28.